The van der Waals surface area contributed by atoms with Gasteiger partial charge in [-0.05, 0) is 35.4 Å². The van der Waals surface area contributed by atoms with Crippen LogP contribution in [0.1, 0.15) is 24.0 Å². The highest BCUT2D eigenvalue weighted by atomic mass is 19.1. The Balaban J connectivity index is 1.98. The van der Waals surface area contributed by atoms with E-state index in [0.717, 1.165) is 6.07 Å². The Hall–Kier alpha value is -2.36. The molecule has 0 radical (unpaired) electrons. The molecule has 1 unspecified atom stereocenters. The number of hydrogen-bond acceptors (Lipinski definition) is 3. The number of halogens is 3. The molecule has 1 atom stereocenters. The Morgan fingerprint density at radius 3 is 2.21 bits per heavy atom. The van der Waals surface area contributed by atoms with Gasteiger partial charge in [0.05, 0.1) is 24.3 Å². The molecule has 3 rings (SSSR count). The van der Waals surface area contributed by atoms with Crippen molar-refractivity contribution in [2.75, 3.05) is 13.2 Å². The van der Waals surface area contributed by atoms with E-state index in [1.807, 2.05) is 0 Å². The molecule has 24 heavy (non-hydrogen) atoms. The second-order valence-electron chi connectivity index (χ2n) is 5.56. The fourth-order valence-electron chi connectivity index (χ4n) is 2.72. The summed E-state index contributed by atoms with van der Waals surface area (Å²) in [5.74, 6) is -2.78. The summed E-state index contributed by atoms with van der Waals surface area (Å²) in [7, 11) is 0. The highest BCUT2D eigenvalue weighted by Gasteiger charge is 2.26. The summed E-state index contributed by atoms with van der Waals surface area (Å²) in [4.78, 5) is 0. The maximum atomic E-state index is 14.4. The number of nitrogens with zero attached hydrogens (tertiary/aromatic N) is 1. The van der Waals surface area contributed by atoms with Crippen LogP contribution in [0.5, 0.6) is 0 Å². The molecule has 0 N–H and O–H groups in total. The molecule has 1 saturated heterocycles. The summed E-state index contributed by atoms with van der Waals surface area (Å²) in [6.45, 7) is 2.65. The van der Waals surface area contributed by atoms with E-state index in [-0.39, 0.29) is 22.6 Å². The Morgan fingerprint density at radius 2 is 1.67 bits per heavy atom. The third-order valence-corrected chi connectivity index (χ3v) is 4.02. The van der Waals surface area contributed by atoms with Gasteiger partial charge < -0.3 is 9.47 Å². The molecule has 1 fully saturated rings. The van der Waals surface area contributed by atoms with Crippen LogP contribution in [-0.4, -0.2) is 19.5 Å². The SMILES string of the molecule is CC(c1cc(F)c(-c2ccc(C#N)c(F)c2)c(F)c1)C1OCCO1. The van der Waals surface area contributed by atoms with Crippen molar-refractivity contribution < 1.29 is 22.6 Å². The van der Waals surface area contributed by atoms with Gasteiger partial charge in [-0.1, -0.05) is 13.0 Å². The van der Waals surface area contributed by atoms with Crippen molar-refractivity contribution in [1.29, 1.82) is 5.26 Å². The van der Waals surface area contributed by atoms with Gasteiger partial charge >= 0.3 is 0 Å². The average Bonchev–Trinajstić information content (AvgIpc) is 3.08. The molecule has 2 aromatic carbocycles. The van der Waals surface area contributed by atoms with Gasteiger partial charge in [0.25, 0.3) is 0 Å². The molecule has 0 aliphatic carbocycles. The highest BCUT2D eigenvalue weighted by Crippen LogP contribution is 2.32. The van der Waals surface area contributed by atoms with E-state index in [1.165, 1.54) is 24.3 Å². The molecule has 124 valence electrons. The van der Waals surface area contributed by atoms with Crippen molar-refractivity contribution in [2.24, 2.45) is 0 Å². The zero-order chi connectivity index (χ0) is 17.3. The third-order valence-electron chi connectivity index (χ3n) is 4.02. The van der Waals surface area contributed by atoms with Crippen LogP contribution in [0, 0.1) is 28.8 Å². The lowest BCUT2D eigenvalue weighted by molar-refractivity contribution is -0.0571. The van der Waals surface area contributed by atoms with Crippen LogP contribution in [0.2, 0.25) is 0 Å². The van der Waals surface area contributed by atoms with Crippen molar-refractivity contribution in [3.8, 4) is 17.2 Å². The number of rotatable bonds is 3. The summed E-state index contributed by atoms with van der Waals surface area (Å²) in [5, 5.41) is 8.73. The van der Waals surface area contributed by atoms with Crippen LogP contribution in [0.15, 0.2) is 30.3 Å². The molecule has 1 aliphatic rings. The minimum absolute atomic E-state index is 0.0362. The lowest BCUT2D eigenvalue weighted by Crippen LogP contribution is -2.17. The third kappa shape index (κ3) is 3.01. The zero-order valence-corrected chi connectivity index (χ0v) is 12.9. The predicted octanol–water partition coefficient (Wildman–Crippen LogP) is 4.12. The first-order valence-corrected chi connectivity index (χ1v) is 7.43. The van der Waals surface area contributed by atoms with Gasteiger partial charge in [-0.3, -0.25) is 0 Å². The highest BCUT2D eigenvalue weighted by molar-refractivity contribution is 5.66. The van der Waals surface area contributed by atoms with Crippen LogP contribution >= 0.6 is 0 Å². The van der Waals surface area contributed by atoms with E-state index in [1.54, 1.807) is 13.0 Å². The molecule has 3 nitrogen and oxygen atoms in total. The van der Waals surface area contributed by atoms with Gasteiger partial charge in [0.15, 0.2) is 6.29 Å². The predicted molar refractivity (Wildman–Crippen MR) is 80.6 cm³/mol. The molecule has 6 heteroatoms. The molecule has 2 aromatic rings. The van der Waals surface area contributed by atoms with Gasteiger partial charge in [0, 0.05) is 5.92 Å². The van der Waals surface area contributed by atoms with Gasteiger partial charge in [0.1, 0.15) is 23.5 Å². The molecule has 0 bridgehead atoms. The van der Waals surface area contributed by atoms with E-state index >= 15 is 0 Å². The minimum Gasteiger partial charge on any atom is -0.350 e. The normalized spacial score (nSPS) is 16.1. The smallest absolute Gasteiger partial charge is 0.164 e. The Labute approximate surface area is 137 Å². The monoisotopic (exact) mass is 333 g/mol. The largest absolute Gasteiger partial charge is 0.350 e. The first-order chi connectivity index (χ1) is 11.5. The van der Waals surface area contributed by atoms with Crippen molar-refractivity contribution in [2.45, 2.75) is 19.1 Å². The Kier molecular flexibility index (Phi) is 4.56. The molecule has 1 aliphatic heterocycles. The second-order valence-corrected chi connectivity index (χ2v) is 5.56. The van der Waals surface area contributed by atoms with E-state index in [4.69, 9.17) is 14.7 Å². The maximum Gasteiger partial charge on any atom is 0.164 e. The van der Waals surface area contributed by atoms with E-state index in [9.17, 15) is 13.2 Å². The maximum absolute atomic E-state index is 14.4. The molecule has 0 spiro atoms. The lowest BCUT2D eigenvalue weighted by atomic mass is 9.95. The fraction of sp³-hybridized carbons (Fsp3) is 0.278. The molecule has 0 saturated carbocycles. The van der Waals surface area contributed by atoms with Gasteiger partial charge in [0.2, 0.25) is 0 Å². The second kappa shape index (κ2) is 6.63. The van der Waals surface area contributed by atoms with Gasteiger partial charge in [-0.2, -0.15) is 5.26 Å². The summed E-state index contributed by atoms with van der Waals surface area (Å²) < 4.78 is 53.3. The summed E-state index contributed by atoms with van der Waals surface area (Å²) in [6, 6.07) is 7.53. The van der Waals surface area contributed by atoms with Gasteiger partial charge in [-0.15, -0.1) is 0 Å². The van der Waals surface area contributed by atoms with Crippen molar-refractivity contribution in [3.05, 3.63) is 58.9 Å². The van der Waals surface area contributed by atoms with Crippen molar-refractivity contribution >= 4 is 0 Å². The van der Waals surface area contributed by atoms with E-state index in [0.29, 0.717) is 18.8 Å². The molecule has 0 amide bonds. The molecule has 0 aromatic heterocycles. The van der Waals surface area contributed by atoms with Crippen LogP contribution in [-0.2, 0) is 9.47 Å². The quantitative estimate of drug-likeness (QED) is 0.848. The van der Waals surface area contributed by atoms with E-state index < -0.39 is 23.7 Å². The zero-order valence-electron chi connectivity index (χ0n) is 12.9. The average molecular weight is 333 g/mol. The number of ether oxygens (including phenoxy) is 2. The summed E-state index contributed by atoms with van der Waals surface area (Å²) in [5.41, 5.74) is -0.0771. The number of hydrogen-bond donors (Lipinski definition) is 0. The van der Waals surface area contributed by atoms with Crippen LogP contribution in [0.4, 0.5) is 13.2 Å². The fourth-order valence-corrected chi connectivity index (χ4v) is 2.72. The minimum atomic E-state index is -0.820. The lowest BCUT2D eigenvalue weighted by Gasteiger charge is -2.19. The van der Waals surface area contributed by atoms with Crippen LogP contribution in [0.25, 0.3) is 11.1 Å². The summed E-state index contributed by atoms with van der Waals surface area (Å²) >= 11 is 0. The Morgan fingerprint density at radius 1 is 1.04 bits per heavy atom. The van der Waals surface area contributed by atoms with Crippen molar-refractivity contribution in [1.82, 2.24) is 0 Å². The first kappa shape index (κ1) is 16.5. The number of benzene rings is 2. The van der Waals surface area contributed by atoms with Crippen molar-refractivity contribution in [3.63, 3.8) is 0 Å². The van der Waals surface area contributed by atoms with Crippen LogP contribution < -0.4 is 0 Å². The standard InChI is InChI=1S/C18H14F3NO2/c1-10(18-23-4-5-24-18)13-7-15(20)17(16(21)8-13)11-2-3-12(9-22)14(19)6-11/h2-3,6-8,10,18H,4-5H2,1H3. The van der Waals surface area contributed by atoms with Crippen LogP contribution in [0.3, 0.4) is 0 Å². The topological polar surface area (TPSA) is 42.2 Å². The molecule has 1 heterocycles. The summed E-state index contributed by atoms with van der Waals surface area (Å²) in [6.07, 6.45) is -0.540. The first-order valence-electron chi connectivity index (χ1n) is 7.43. The van der Waals surface area contributed by atoms with Gasteiger partial charge in [-0.25, -0.2) is 13.2 Å². The Bertz CT molecular complexity index is 787. The van der Waals surface area contributed by atoms with E-state index in [2.05, 4.69) is 0 Å². The number of nitriles is 1. The molecular formula is C18H14F3NO2. The molecular weight excluding hydrogens is 319 g/mol.